The molecule has 0 heterocycles. The van der Waals surface area contributed by atoms with Crippen LogP contribution in [0.5, 0.6) is 0 Å². The summed E-state index contributed by atoms with van der Waals surface area (Å²) in [7, 11) is 0. The van der Waals surface area contributed by atoms with Gasteiger partial charge in [0.05, 0.1) is 0 Å². The molecule has 0 amide bonds. The largest absolute Gasteiger partial charge is 2.00 e. The van der Waals surface area contributed by atoms with E-state index in [2.05, 4.69) is 39.5 Å². The van der Waals surface area contributed by atoms with E-state index in [4.69, 9.17) is 0 Å². The van der Waals surface area contributed by atoms with Gasteiger partial charge in [0, 0.05) is 6.04 Å². The zero-order valence-corrected chi connectivity index (χ0v) is 12.9. The van der Waals surface area contributed by atoms with Crippen molar-refractivity contribution in [3.63, 3.8) is 0 Å². The van der Waals surface area contributed by atoms with Crippen LogP contribution in [0.4, 0.5) is 0 Å². The summed E-state index contributed by atoms with van der Waals surface area (Å²) in [5.41, 5.74) is 0. The van der Waals surface area contributed by atoms with Crippen molar-refractivity contribution in [3.8, 4) is 0 Å². The second-order valence-electron chi connectivity index (χ2n) is 3.08. The van der Waals surface area contributed by atoms with E-state index in [0.717, 1.165) is 25.9 Å². The Kier molecular flexibility index (Phi) is 22.3. The molecule has 0 aliphatic heterocycles. The molecule has 0 aliphatic carbocycles. The molecule has 0 spiro atoms. The maximum atomic E-state index is 3.81. The van der Waals surface area contributed by atoms with Crippen molar-refractivity contribution in [2.45, 2.75) is 46.6 Å². The van der Waals surface area contributed by atoms with Gasteiger partial charge in [-0.05, 0) is 26.9 Å². The van der Waals surface area contributed by atoms with Crippen LogP contribution in [0.1, 0.15) is 40.5 Å². The van der Waals surface area contributed by atoms with E-state index in [-0.39, 0.29) is 19.5 Å². The Labute approximate surface area is 98.0 Å². The molecule has 76 valence electrons. The zero-order chi connectivity index (χ0) is 9.98. The van der Waals surface area contributed by atoms with Crippen molar-refractivity contribution in [2.24, 2.45) is 0 Å². The van der Waals surface area contributed by atoms with Gasteiger partial charge in [-0.2, -0.15) is 12.8 Å². The summed E-state index contributed by atoms with van der Waals surface area (Å²) in [6.07, 6.45) is 2.02. The topological polar surface area (TPSA) is 3.24 Å². The predicted octanol–water partition coefficient (Wildman–Crippen LogP) is 3.17. The second kappa shape index (κ2) is 15.1. The van der Waals surface area contributed by atoms with Crippen molar-refractivity contribution in [1.29, 1.82) is 0 Å². The summed E-state index contributed by atoms with van der Waals surface area (Å²) in [6, 6.07) is 0.678. The molecular weight excluding hydrogens is 212 g/mol. The van der Waals surface area contributed by atoms with Gasteiger partial charge in [0.2, 0.25) is 0 Å². The first-order chi connectivity index (χ1) is 5.63. The van der Waals surface area contributed by atoms with Crippen LogP contribution in [0.25, 0.3) is 0 Å². The summed E-state index contributed by atoms with van der Waals surface area (Å²) in [5, 5.41) is 0. The SMILES string of the molecule is [CH2-]CC.[CH2-]CCN(CC)C(C)C.[Zn+2]. The fourth-order valence-electron chi connectivity index (χ4n) is 0.985. The fraction of sp³-hybridized carbons (Fsp3) is 0.818. The Bertz CT molecular complexity index is 74.5. The smallest absolute Gasteiger partial charge is 0.344 e. The van der Waals surface area contributed by atoms with Gasteiger partial charge in [-0.15, -0.1) is 0 Å². The molecule has 0 aromatic rings. The van der Waals surface area contributed by atoms with Crippen molar-refractivity contribution in [2.75, 3.05) is 13.1 Å². The van der Waals surface area contributed by atoms with E-state index >= 15 is 0 Å². The first-order valence-corrected chi connectivity index (χ1v) is 4.96. The Balaban J connectivity index is -0.000000220. The van der Waals surface area contributed by atoms with Gasteiger partial charge in [-0.3, -0.25) is 0 Å². The first-order valence-electron chi connectivity index (χ1n) is 4.96. The molecule has 2 heteroatoms. The van der Waals surface area contributed by atoms with Crippen LogP contribution in [-0.2, 0) is 19.5 Å². The molecule has 0 radical (unpaired) electrons. The van der Waals surface area contributed by atoms with E-state index in [0.29, 0.717) is 6.04 Å². The minimum Gasteiger partial charge on any atom is -0.344 e. The van der Waals surface area contributed by atoms with Crippen LogP contribution in [0.2, 0.25) is 0 Å². The third kappa shape index (κ3) is 15.3. The van der Waals surface area contributed by atoms with Gasteiger partial charge in [0.15, 0.2) is 0 Å². The fourth-order valence-corrected chi connectivity index (χ4v) is 0.985. The van der Waals surface area contributed by atoms with Crippen LogP contribution in [0.15, 0.2) is 0 Å². The Morgan fingerprint density at radius 3 is 1.62 bits per heavy atom. The average Bonchev–Trinajstić information content (AvgIpc) is 2.01. The van der Waals surface area contributed by atoms with Gasteiger partial charge >= 0.3 is 19.5 Å². The maximum Gasteiger partial charge on any atom is 2.00 e. The molecule has 0 fully saturated rings. The predicted molar refractivity (Wildman–Crippen MR) is 58.0 cm³/mol. The minimum atomic E-state index is 0. The van der Waals surface area contributed by atoms with E-state index in [1.54, 1.807) is 0 Å². The van der Waals surface area contributed by atoms with Crippen molar-refractivity contribution < 1.29 is 19.5 Å². The Morgan fingerprint density at radius 1 is 1.15 bits per heavy atom. The average molecular weight is 237 g/mol. The second-order valence-corrected chi connectivity index (χ2v) is 3.08. The van der Waals surface area contributed by atoms with Crippen LogP contribution in [0.3, 0.4) is 0 Å². The minimum absolute atomic E-state index is 0. The molecule has 0 saturated carbocycles. The number of hydrogen-bond donors (Lipinski definition) is 0. The maximum absolute atomic E-state index is 3.81. The summed E-state index contributed by atoms with van der Waals surface area (Å²) in [5.74, 6) is 0. The molecule has 1 nitrogen and oxygen atoms in total. The number of hydrogen-bond acceptors (Lipinski definition) is 1. The van der Waals surface area contributed by atoms with Crippen LogP contribution < -0.4 is 0 Å². The molecule has 0 aromatic carbocycles. The van der Waals surface area contributed by atoms with E-state index in [1.165, 1.54) is 0 Å². The van der Waals surface area contributed by atoms with Crippen molar-refractivity contribution >= 4 is 0 Å². The molecular formula is C11H25NZn. The Hall–Kier alpha value is 0.583. The molecule has 13 heavy (non-hydrogen) atoms. The first kappa shape index (κ1) is 19.2. The molecule has 0 saturated heterocycles. The molecule has 0 aliphatic rings. The number of nitrogens with zero attached hydrogens (tertiary/aromatic N) is 1. The molecule has 0 N–H and O–H groups in total. The van der Waals surface area contributed by atoms with Crippen molar-refractivity contribution in [1.82, 2.24) is 4.90 Å². The summed E-state index contributed by atoms with van der Waals surface area (Å²) >= 11 is 0. The third-order valence-electron chi connectivity index (χ3n) is 1.58. The molecule has 0 aromatic heterocycles. The van der Waals surface area contributed by atoms with Crippen molar-refractivity contribution in [3.05, 3.63) is 13.8 Å². The summed E-state index contributed by atoms with van der Waals surface area (Å²) in [4.78, 5) is 2.41. The van der Waals surface area contributed by atoms with E-state index in [1.807, 2.05) is 6.92 Å². The van der Waals surface area contributed by atoms with E-state index in [9.17, 15) is 0 Å². The van der Waals surface area contributed by atoms with Gasteiger partial charge in [0.1, 0.15) is 0 Å². The van der Waals surface area contributed by atoms with Gasteiger partial charge in [0.25, 0.3) is 0 Å². The quantitative estimate of drug-likeness (QED) is 0.535. The molecule has 0 atom stereocenters. The Morgan fingerprint density at radius 2 is 1.54 bits per heavy atom. The van der Waals surface area contributed by atoms with Crippen LogP contribution in [-0.4, -0.2) is 24.0 Å². The molecule has 0 unspecified atom stereocenters. The third-order valence-corrected chi connectivity index (χ3v) is 1.58. The monoisotopic (exact) mass is 235 g/mol. The standard InChI is InChI=1S/C8H18N.C3H7.Zn/c1-5-7-9(6-2)8(3)4;1-3-2;/h8H,1,5-7H2,2-4H3;1,3H2,2H3;/q2*-1;+2. The van der Waals surface area contributed by atoms with Gasteiger partial charge in [-0.1, -0.05) is 13.8 Å². The zero-order valence-electron chi connectivity index (χ0n) is 9.97. The molecule has 0 bridgehead atoms. The normalized spacial score (nSPS) is 9.23. The van der Waals surface area contributed by atoms with Crippen LogP contribution >= 0.6 is 0 Å². The summed E-state index contributed by atoms with van der Waals surface area (Å²) in [6.45, 7) is 18.2. The summed E-state index contributed by atoms with van der Waals surface area (Å²) < 4.78 is 0. The number of rotatable bonds is 4. The van der Waals surface area contributed by atoms with E-state index < -0.39 is 0 Å². The molecule has 0 rings (SSSR count). The van der Waals surface area contributed by atoms with Gasteiger partial charge in [-0.25, -0.2) is 0 Å². The van der Waals surface area contributed by atoms with Crippen LogP contribution in [0, 0.1) is 13.8 Å². The van der Waals surface area contributed by atoms with Gasteiger partial charge < -0.3 is 18.7 Å².